The van der Waals surface area contributed by atoms with E-state index in [1.54, 1.807) is 12.1 Å². The van der Waals surface area contributed by atoms with Crippen molar-refractivity contribution in [2.45, 2.75) is 19.4 Å². The minimum absolute atomic E-state index is 0.0238. The molecule has 0 aliphatic carbocycles. The predicted octanol–water partition coefficient (Wildman–Crippen LogP) is 1.73. The maximum absolute atomic E-state index is 12.9. The van der Waals surface area contributed by atoms with E-state index in [2.05, 4.69) is 20.4 Å². The van der Waals surface area contributed by atoms with Crippen molar-refractivity contribution in [2.24, 2.45) is 0 Å². The van der Waals surface area contributed by atoms with Crippen LogP contribution in [0.1, 0.15) is 12.3 Å². The minimum Gasteiger partial charge on any atom is -0.480 e. The van der Waals surface area contributed by atoms with Gasteiger partial charge >= 0.3 is 5.97 Å². The summed E-state index contributed by atoms with van der Waals surface area (Å²) in [5.74, 6) is -0.896. The molecule has 0 bridgehead atoms. The van der Waals surface area contributed by atoms with Crippen LogP contribution in [0.3, 0.4) is 0 Å². The van der Waals surface area contributed by atoms with Gasteiger partial charge in [-0.3, -0.25) is 14.9 Å². The Hall–Kier alpha value is -3.56. The van der Waals surface area contributed by atoms with Gasteiger partial charge in [-0.15, -0.1) is 5.10 Å². The summed E-state index contributed by atoms with van der Waals surface area (Å²) in [6.07, 6.45) is 3.06. The molecule has 26 heavy (non-hydrogen) atoms. The SMILES string of the molecule is O=C(O)Cn1cnc(NC(=O)CCc2ncc(-c3ccc(F)cc3)o2)n1. The van der Waals surface area contributed by atoms with E-state index in [0.29, 0.717) is 17.2 Å². The summed E-state index contributed by atoms with van der Waals surface area (Å²) >= 11 is 0. The zero-order valence-corrected chi connectivity index (χ0v) is 13.4. The Balaban J connectivity index is 1.52. The molecule has 134 valence electrons. The van der Waals surface area contributed by atoms with Crippen LogP contribution in [0.25, 0.3) is 11.3 Å². The van der Waals surface area contributed by atoms with Crippen LogP contribution >= 0.6 is 0 Å². The fourth-order valence-corrected chi connectivity index (χ4v) is 2.15. The molecule has 10 heteroatoms. The second-order valence-electron chi connectivity index (χ2n) is 5.33. The molecule has 0 spiro atoms. The molecule has 0 fully saturated rings. The highest BCUT2D eigenvalue weighted by atomic mass is 19.1. The molecule has 0 saturated carbocycles. The summed E-state index contributed by atoms with van der Waals surface area (Å²) in [5, 5.41) is 14.9. The van der Waals surface area contributed by atoms with Crippen LogP contribution in [0, 0.1) is 5.82 Å². The van der Waals surface area contributed by atoms with Crippen molar-refractivity contribution in [3.05, 3.63) is 48.5 Å². The lowest BCUT2D eigenvalue weighted by Gasteiger charge is -1.99. The van der Waals surface area contributed by atoms with Crippen LogP contribution in [0.5, 0.6) is 0 Å². The monoisotopic (exact) mass is 359 g/mol. The number of carboxylic acid groups (broad SMARTS) is 1. The van der Waals surface area contributed by atoms with Gasteiger partial charge in [0, 0.05) is 18.4 Å². The highest BCUT2D eigenvalue weighted by molar-refractivity contribution is 5.88. The smallest absolute Gasteiger partial charge is 0.325 e. The standard InChI is InChI=1S/C16H14FN5O4/c17-11-3-1-10(2-4-11)12-7-18-14(26-12)6-5-13(23)20-16-19-9-22(21-16)8-15(24)25/h1-4,7,9H,5-6,8H2,(H,24,25)(H,20,21,23). The summed E-state index contributed by atoms with van der Waals surface area (Å²) < 4.78 is 19.6. The lowest BCUT2D eigenvalue weighted by atomic mass is 10.2. The average Bonchev–Trinajstić information content (AvgIpc) is 3.23. The molecule has 2 heterocycles. The van der Waals surface area contributed by atoms with E-state index in [9.17, 15) is 14.0 Å². The van der Waals surface area contributed by atoms with E-state index >= 15 is 0 Å². The van der Waals surface area contributed by atoms with Gasteiger partial charge in [-0.05, 0) is 24.3 Å². The van der Waals surface area contributed by atoms with E-state index in [4.69, 9.17) is 9.52 Å². The van der Waals surface area contributed by atoms with E-state index in [0.717, 1.165) is 4.68 Å². The Bertz CT molecular complexity index is 919. The number of aryl methyl sites for hydroxylation is 1. The summed E-state index contributed by atoms with van der Waals surface area (Å²) in [6, 6.07) is 5.79. The number of oxazole rings is 1. The first kappa shape index (κ1) is 17.3. The molecule has 2 N–H and O–H groups in total. The van der Waals surface area contributed by atoms with Crippen molar-refractivity contribution in [2.75, 3.05) is 5.32 Å². The average molecular weight is 359 g/mol. The number of carbonyl (C=O) groups is 2. The maximum Gasteiger partial charge on any atom is 0.325 e. The van der Waals surface area contributed by atoms with Crippen molar-refractivity contribution in [1.29, 1.82) is 0 Å². The number of benzene rings is 1. The Morgan fingerprint density at radius 1 is 1.23 bits per heavy atom. The lowest BCUT2D eigenvalue weighted by molar-refractivity contribution is -0.137. The molecule has 0 aliphatic heterocycles. The first-order chi connectivity index (χ1) is 12.5. The molecular formula is C16H14FN5O4. The zero-order valence-electron chi connectivity index (χ0n) is 13.4. The van der Waals surface area contributed by atoms with Crippen LogP contribution in [0.2, 0.25) is 0 Å². The number of rotatable bonds is 7. The normalized spacial score (nSPS) is 10.7. The first-order valence-electron chi connectivity index (χ1n) is 7.61. The summed E-state index contributed by atoms with van der Waals surface area (Å²) in [4.78, 5) is 30.4. The molecule has 0 aliphatic rings. The molecule has 2 aromatic heterocycles. The Morgan fingerprint density at radius 2 is 2.00 bits per heavy atom. The van der Waals surface area contributed by atoms with Gasteiger partial charge in [-0.1, -0.05) is 0 Å². The number of nitrogens with one attached hydrogen (secondary N) is 1. The second kappa shape index (κ2) is 7.55. The second-order valence-corrected chi connectivity index (χ2v) is 5.33. The third-order valence-electron chi connectivity index (χ3n) is 3.33. The molecule has 0 unspecified atom stereocenters. The number of carboxylic acids is 1. The van der Waals surface area contributed by atoms with Gasteiger partial charge in [-0.25, -0.2) is 19.0 Å². The largest absolute Gasteiger partial charge is 0.480 e. The third kappa shape index (κ3) is 4.50. The van der Waals surface area contributed by atoms with Crippen molar-refractivity contribution in [1.82, 2.24) is 19.7 Å². The fourth-order valence-electron chi connectivity index (χ4n) is 2.15. The molecule has 9 nitrogen and oxygen atoms in total. The summed E-state index contributed by atoms with van der Waals surface area (Å²) in [7, 11) is 0. The number of carbonyl (C=O) groups excluding carboxylic acids is 1. The topological polar surface area (TPSA) is 123 Å². The number of anilines is 1. The molecule has 0 saturated heterocycles. The highest BCUT2D eigenvalue weighted by Crippen LogP contribution is 2.21. The minimum atomic E-state index is -1.06. The number of amides is 1. The maximum atomic E-state index is 12.9. The number of aliphatic carboxylic acids is 1. The molecule has 0 atom stereocenters. The van der Waals surface area contributed by atoms with Gasteiger partial charge in [0.25, 0.3) is 0 Å². The van der Waals surface area contributed by atoms with Gasteiger partial charge in [0.1, 0.15) is 18.7 Å². The number of halogens is 1. The quantitative estimate of drug-likeness (QED) is 0.658. The van der Waals surface area contributed by atoms with Gasteiger partial charge in [-0.2, -0.15) is 0 Å². The Morgan fingerprint density at radius 3 is 2.73 bits per heavy atom. The molecule has 3 rings (SSSR count). The third-order valence-corrected chi connectivity index (χ3v) is 3.33. The first-order valence-corrected chi connectivity index (χ1v) is 7.61. The summed E-state index contributed by atoms with van der Waals surface area (Å²) in [6.45, 7) is -0.342. The van der Waals surface area contributed by atoms with Gasteiger partial charge < -0.3 is 9.52 Å². The van der Waals surface area contributed by atoms with Crippen molar-refractivity contribution in [3.63, 3.8) is 0 Å². The number of hydrogen-bond acceptors (Lipinski definition) is 6. The van der Waals surface area contributed by atoms with Crippen LogP contribution in [0.4, 0.5) is 10.3 Å². The van der Waals surface area contributed by atoms with Crippen LogP contribution < -0.4 is 5.32 Å². The van der Waals surface area contributed by atoms with E-state index < -0.39 is 5.97 Å². The number of aromatic nitrogens is 4. The molecule has 0 radical (unpaired) electrons. The van der Waals surface area contributed by atoms with Gasteiger partial charge in [0.2, 0.25) is 11.9 Å². The molecule has 1 amide bonds. The van der Waals surface area contributed by atoms with Gasteiger partial charge in [0.05, 0.1) is 6.20 Å². The van der Waals surface area contributed by atoms with Crippen molar-refractivity contribution in [3.8, 4) is 11.3 Å². The van der Waals surface area contributed by atoms with Crippen LogP contribution in [0.15, 0.2) is 41.2 Å². The van der Waals surface area contributed by atoms with Crippen LogP contribution in [-0.2, 0) is 22.6 Å². The highest BCUT2D eigenvalue weighted by Gasteiger charge is 2.11. The van der Waals surface area contributed by atoms with E-state index in [1.807, 2.05) is 0 Å². The van der Waals surface area contributed by atoms with Crippen molar-refractivity contribution >= 4 is 17.8 Å². The molecule has 3 aromatic rings. The van der Waals surface area contributed by atoms with E-state index in [1.165, 1.54) is 24.7 Å². The van der Waals surface area contributed by atoms with Crippen LogP contribution in [-0.4, -0.2) is 36.7 Å². The van der Waals surface area contributed by atoms with Crippen molar-refractivity contribution < 1.29 is 23.5 Å². The Kier molecular flexibility index (Phi) is 5.02. The summed E-state index contributed by atoms with van der Waals surface area (Å²) in [5.41, 5.74) is 0.683. The van der Waals surface area contributed by atoms with E-state index in [-0.39, 0.29) is 37.1 Å². The predicted molar refractivity (Wildman–Crippen MR) is 86.5 cm³/mol. The van der Waals surface area contributed by atoms with Gasteiger partial charge in [0.15, 0.2) is 11.7 Å². The Labute approximate surface area is 146 Å². The molecular weight excluding hydrogens is 345 g/mol. The number of hydrogen-bond donors (Lipinski definition) is 2. The molecule has 1 aromatic carbocycles. The number of nitrogens with zero attached hydrogens (tertiary/aromatic N) is 4. The fraction of sp³-hybridized carbons (Fsp3) is 0.188. The zero-order chi connectivity index (χ0) is 18.5. The lowest BCUT2D eigenvalue weighted by Crippen LogP contribution is -2.14.